The summed E-state index contributed by atoms with van der Waals surface area (Å²) in [7, 11) is 0. The van der Waals surface area contributed by atoms with Crippen LogP contribution in [-0.4, -0.2) is 11.9 Å². The number of carbonyl (C=O) groups excluding carboxylic acids is 1. The van der Waals surface area contributed by atoms with Gasteiger partial charge in [-0.15, -0.1) is 0 Å². The predicted molar refractivity (Wildman–Crippen MR) is 65.9 cm³/mol. The molecule has 1 aliphatic rings. The topological polar surface area (TPSA) is 29.1 Å². The first-order valence-corrected chi connectivity index (χ1v) is 5.96. The standard InChI is InChI=1S/C14H15F2NO/c1-8(2)17-14(18)5-9-3-4-11-12(9)6-10(15)7-13(11)16/h5-8H,3-4H2,1-2H3,(H,17,18). The molecule has 0 saturated carbocycles. The summed E-state index contributed by atoms with van der Waals surface area (Å²) in [5, 5.41) is 2.73. The number of nitrogens with one attached hydrogen (secondary N) is 1. The number of hydrogen-bond acceptors (Lipinski definition) is 1. The van der Waals surface area contributed by atoms with E-state index in [1.54, 1.807) is 0 Å². The van der Waals surface area contributed by atoms with E-state index in [-0.39, 0.29) is 11.9 Å². The molecule has 4 heteroatoms. The lowest BCUT2D eigenvalue weighted by Gasteiger charge is -2.06. The average molecular weight is 251 g/mol. The molecule has 0 bridgehead atoms. The number of allylic oxidation sites excluding steroid dienone is 1. The molecular formula is C14H15F2NO. The minimum absolute atomic E-state index is 0.0412. The fourth-order valence-electron chi connectivity index (χ4n) is 2.17. The van der Waals surface area contributed by atoms with Gasteiger partial charge in [-0.2, -0.15) is 0 Å². The van der Waals surface area contributed by atoms with Crippen molar-refractivity contribution in [1.29, 1.82) is 0 Å². The fourth-order valence-corrected chi connectivity index (χ4v) is 2.17. The number of benzene rings is 1. The van der Waals surface area contributed by atoms with Crippen molar-refractivity contribution in [2.75, 3.05) is 0 Å². The van der Waals surface area contributed by atoms with Crippen molar-refractivity contribution < 1.29 is 13.6 Å². The molecule has 0 unspecified atom stereocenters. The van der Waals surface area contributed by atoms with Gasteiger partial charge in [-0.3, -0.25) is 4.79 Å². The largest absolute Gasteiger partial charge is 0.350 e. The first-order valence-electron chi connectivity index (χ1n) is 5.96. The second-order valence-corrected chi connectivity index (χ2v) is 4.75. The van der Waals surface area contributed by atoms with E-state index in [4.69, 9.17) is 0 Å². The van der Waals surface area contributed by atoms with Crippen LogP contribution in [0.4, 0.5) is 8.78 Å². The van der Waals surface area contributed by atoms with Gasteiger partial charge in [0, 0.05) is 18.2 Å². The van der Waals surface area contributed by atoms with E-state index in [0.29, 0.717) is 29.5 Å². The van der Waals surface area contributed by atoms with Crippen LogP contribution in [0.3, 0.4) is 0 Å². The van der Waals surface area contributed by atoms with Gasteiger partial charge in [0.2, 0.25) is 5.91 Å². The zero-order chi connectivity index (χ0) is 13.3. The van der Waals surface area contributed by atoms with Crippen molar-refractivity contribution >= 4 is 11.5 Å². The number of carbonyl (C=O) groups is 1. The molecule has 0 spiro atoms. The van der Waals surface area contributed by atoms with E-state index in [0.717, 1.165) is 6.07 Å². The van der Waals surface area contributed by atoms with Crippen LogP contribution in [0.15, 0.2) is 18.2 Å². The number of hydrogen-bond donors (Lipinski definition) is 1. The molecule has 1 amide bonds. The lowest BCUT2D eigenvalue weighted by molar-refractivity contribution is -0.116. The van der Waals surface area contributed by atoms with E-state index in [9.17, 15) is 13.6 Å². The van der Waals surface area contributed by atoms with E-state index >= 15 is 0 Å². The first-order chi connectivity index (χ1) is 8.47. The van der Waals surface area contributed by atoms with Crippen molar-refractivity contribution in [3.63, 3.8) is 0 Å². The van der Waals surface area contributed by atoms with Crippen LogP contribution in [-0.2, 0) is 11.2 Å². The van der Waals surface area contributed by atoms with Crippen LogP contribution >= 0.6 is 0 Å². The molecule has 0 atom stereocenters. The Kier molecular flexibility index (Phi) is 3.45. The third kappa shape index (κ3) is 2.58. The predicted octanol–water partition coefficient (Wildman–Crippen LogP) is 2.82. The smallest absolute Gasteiger partial charge is 0.244 e. The highest BCUT2D eigenvalue weighted by Gasteiger charge is 2.21. The molecule has 1 aromatic carbocycles. The van der Waals surface area contributed by atoms with Crippen molar-refractivity contribution in [3.8, 4) is 0 Å². The molecule has 96 valence electrons. The molecule has 0 fully saturated rings. The lowest BCUT2D eigenvalue weighted by atomic mass is 10.1. The van der Waals surface area contributed by atoms with E-state index in [2.05, 4.69) is 5.32 Å². The van der Waals surface area contributed by atoms with Gasteiger partial charge >= 0.3 is 0 Å². The summed E-state index contributed by atoms with van der Waals surface area (Å²) < 4.78 is 26.7. The maximum Gasteiger partial charge on any atom is 0.244 e. The van der Waals surface area contributed by atoms with Gasteiger partial charge in [-0.25, -0.2) is 8.78 Å². The van der Waals surface area contributed by atoms with Gasteiger partial charge in [0.1, 0.15) is 11.6 Å². The maximum atomic E-state index is 13.5. The third-order valence-corrected chi connectivity index (χ3v) is 2.89. The summed E-state index contributed by atoms with van der Waals surface area (Å²) in [5.41, 5.74) is 1.72. The Morgan fingerprint density at radius 3 is 2.72 bits per heavy atom. The van der Waals surface area contributed by atoms with Crippen LogP contribution in [0.1, 0.15) is 31.4 Å². The zero-order valence-electron chi connectivity index (χ0n) is 10.4. The van der Waals surface area contributed by atoms with E-state index in [1.807, 2.05) is 13.8 Å². The average Bonchev–Trinajstić information content (AvgIpc) is 2.60. The maximum absolute atomic E-state index is 13.5. The number of halogens is 2. The summed E-state index contributed by atoms with van der Waals surface area (Å²) in [6, 6.07) is 2.22. The second kappa shape index (κ2) is 4.88. The number of fused-ring (bicyclic) bond motifs is 1. The Morgan fingerprint density at radius 2 is 2.06 bits per heavy atom. The number of amides is 1. The molecular weight excluding hydrogens is 236 g/mol. The molecule has 2 rings (SSSR count). The Hall–Kier alpha value is -1.71. The molecule has 0 saturated heterocycles. The van der Waals surface area contributed by atoms with E-state index in [1.165, 1.54) is 12.1 Å². The SMILES string of the molecule is CC(C)NC(=O)C=C1CCc2c(F)cc(F)cc21. The minimum Gasteiger partial charge on any atom is -0.350 e. The summed E-state index contributed by atoms with van der Waals surface area (Å²) >= 11 is 0. The highest BCUT2D eigenvalue weighted by atomic mass is 19.1. The molecule has 1 aliphatic carbocycles. The first kappa shape index (κ1) is 12.7. The number of rotatable bonds is 2. The van der Waals surface area contributed by atoms with Crippen molar-refractivity contribution in [2.24, 2.45) is 0 Å². The van der Waals surface area contributed by atoms with E-state index < -0.39 is 11.6 Å². The minimum atomic E-state index is -0.608. The highest BCUT2D eigenvalue weighted by molar-refractivity contribution is 5.96. The normalized spacial score (nSPS) is 16.2. The summed E-state index contributed by atoms with van der Waals surface area (Å²) in [6.45, 7) is 3.72. The highest BCUT2D eigenvalue weighted by Crippen LogP contribution is 2.34. The molecule has 2 nitrogen and oxygen atoms in total. The molecule has 18 heavy (non-hydrogen) atoms. The van der Waals surface area contributed by atoms with Crippen LogP contribution in [0.2, 0.25) is 0 Å². The molecule has 0 aromatic heterocycles. The van der Waals surface area contributed by atoms with Crippen molar-refractivity contribution in [3.05, 3.63) is 41.0 Å². The van der Waals surface area contributed by atoms with Gasteiger partial charge in [0.05, 0.1) is 0 Å². The monoisotopic (exact) mass is 251 g/mol. The molecule has 0 heterocycles. The molecule has 1 N–H and O–H groups in total. The molecule has 1 aromatic rings. The van der Waals surface area contributed by atoms with Gasteiger partial charge in [-0.1, -0.05) is 0 Å². The zero-order valence-corrected chi connectivity index (χ0v) is 10.4. The van der Waals surface area contributed by atoms with Crippen LogP contribution < -0.4 is 5.32 Å². The Bertz CT molecular complexity index is 521. The van der Waals surface area contributed by atoms with Crippen molar-refractivity contribution in [2.45, 2.75) is 32.7 Å². The van der Waals surface area contributed by atoms with Gasteiger partial charge < -0.3 is 5.32 Å². The van der Waals surface area contributed by atoms with Crippen LogP contribution in [0.5, 0.6) is 0 Å². The molecule has 0 radical (unpaired) electrons. The summed E-state index contributed by atoms with van der Waals surface area (Å²) in [6.07, 6.45) is 2.52. The quantitative estimate of drug-likeness (QED) is 0.805. The third-order valence-electron chi connectivity index (χ3n) is 2.89. The van der Waals surface area contributed by atoms with Crippen molar-refractivity contribution in [1.82, 2.24) is 5.32 Å². The van der Waals surface area contributed by atoms with Gasteiger partial charge in [-0.05, 0) is 49.5 Å². The Balaban J connectivity index is 2.31. The van der Waals surface area contributed by atoms with Gasteiger partial charge in [0.25, 0.3) is 0 Å². The summed E-state index contributed by atoms with van der Waals surface area (Å²) in [5.74, 6) is -1.36. The second-order valence-electron chi connectivity index (χ2n) is 4.75. The summed E-state index contributed by atoms with van der Waals surface area (Å²) in [4.78, 5) is 11.6. The van der Waals surface area contributed by atoms with Crippen LogP contribution in [0, 0.1) is 11.6 Å². The van der Waals surface area contributed by atoms with Crippen LogP contribution in [0.25, 0.3) is 5.57 Å². The Labute approximate surface area is 105 Å². The molecule has 0 aliphatic heterocycles. The fraction of sp³-hybridized carbons (Fsp3) is 0.357. The van der Waals surface area contributed by atoms with Gasteiger partial charge in [0.15, 0.2) is 0 Å². The lowest BCUT2D eigenvalue weighted by Crippen LogP contribution is -2.28. The Morgan fingerprint density at radius 1 is 1.33 bits per heavy atom.